The lowest BCUT2D eigenvalue weighted by molar-refractivity contribution is -0.132. The Morgan fingerprint density at radius 3 is 2.56 bits per heavy atom. The SMILES string of the molecule is NC1C(=O)N(CC(F)(F)F)c2ccccc21. The molecule has 86 valence electrons. The summed E-state index contributed by atoms with van der Waals surface area (Å²) in [4.78, 5) is 12.2. The first-order chi connectivity index (χ1) is 7.40. The van der Waals surface area contributed by atoms with E-state index in [1.165, 1.54) is 6.07 Å². The van der Waals surface area contributed by atoms with Crippen LogP contribution < -0.4 is 10.6 Å². The summed E-state index contributed by atoms with van der Waals surface area (Å²) in [5, 5.41) is 0. The summed E-state index contributed by atoms with van der Waals surface area (Å²) >= 11 is 0. The van der Waals surface area contributed by atoms with E-state index in [1.807, 2.05) is 0 Å². The number of carbonyl (C=O) groups is 1. The van der Waals surface area contributed by atoms with Crippen molar-refractivity contribution in [2.75, 3.05) is 11.4 Å². The van der Waals surface area contributed by atoms with Gasteiger partial charge in [0.1, 0.15) is 12.6 Å². The fourth-order valence-corrected chi connectivity index (χ4v) is 1.76. The highest BCUT2D eigenvalue weighted by molar-refractivity contribution is 6.04. The van der Waals surface area contributed by atoms with Crippen LogP contribution in [0.4, 0.5) is 18.9 Å². The minimum atomic E-state index is -4.42. The molecule has 1 heterocycles. The van der Waals surface area contributed by atoms with E-state index in [1.54, 1.807) is 18.2 Å². The summed E-state index contributed by atoms with van der Waals surface area (Å²) in [7, 11) is 0. The number of benzene rings is 1. The van der Waals surface area contributed by atoms with Crippen LogP contribution in [0.1, 0.15) is 11.6 Å². The second-order valence-corrected chi connectivity index (χ2v) is 3.58. The van der Waals surface area contributed by atoms with Crippen molar-refractivity contribution in [1.29, 1.82) is 0 Å². The highest BCUT2D eigenvalue weighted by Gasteiger charge is 2.41. The van der Waals surface area contributed by atoms with E-state index in [-0.39, 0.29) is 5.69 Å². The number of hydrogen-bond donors (Lipinski definition) is 1. The Morgan fingerprint density at radius 2 is 1.94 bits per heavy atom. The number of halogens is 3. The summed E-state index contributed by atoms with van der Waals surface area (Å²) in [6, 6.07) is 5.26. The molecule has 1 aliphatic rings. The van der Waals surface area contributed by atoms with Gasteiger partial charge in [0, 0.05) is 11.3 Å². The van der Waals surface area contributed by atoms with Crippen molar-refractivity contribution in [3.05, 3.63) is 29.8 Å². The highest BCUT2D eigenvalue weighted by atomic mass is 19.4. The summed E-state index contributed by atoms with van der Waals surface area (Å²) in [5.74, 6) is -0.710. The van der Waals surface area contributed by atoms with E-state index in [0.717, 1.165) is 0 Å². The molecule has 6 heteroatoms. The van der Waals surface area contributed by atoms with Gasteiger partial charge in [-0.3, -0.25) is 4.79 Å². The number of fused-ring (bicyclic) bond motifs is 1. The molecule has 2 rings (SSSR count). The predicted octanol–water partition coefficient (Wildman–Crippen LogP) is 1.60. The van der Waals surface area contributed by atoms with Crippen LogP contribution >= 0.6 is 0 Å². The molecule has 0 radical (unpaired) electrons. The monoisotopic (exact) mass is 230 g/mol. The molecule has 0 aliphatic carbocycles. The molecule has 1 aliphatic heterocycles. The van der Waals surface area contributed by atoms with E-state index < -0.39 is 24.7 Å². The Balaban J connectivity index is 2.38. The molecule has 0 fully saturated rings. The normalized spacial score (nSPS) is 20.1. The quantitative estimate of drug-likeness (QED) is 0.796. The number of para-hydroxylation sites is 1. The molecule has 1 atom stereocenters. The second kappa shape index (κ2) is 3.48. The van der Waals surface area contributed by atoms with Gasteiger partial charge in [0.25, 0.3) is 0 Å². The van der Waals surface area contributed by atoms with Gasteiger partial charge in [-0.05, 0) is 6.07 Å². The van der Waals surface area contributed by atoms with Gasteiger partial charge in [0.2, 0.25) is 5.91 Å². The van der Waals surface area contributed by atoms with Crippen LogP contribution in [0.3, 0.4) is 0 Å². The van der Waals surface area contributed by atoms with E-state index in [9.17, 15) is 18.0 Å². The zero-order valence-corrected chi connectivity index (χ0v) is 8.16. The van der Waals surface area contributed by atoms with Crippen molar-refractivity contribution in [1.82, 2.24) is 0 Å². The van der Waals surface area contributed by atoms with E-state index in [0.29, 0.717) is 10.5 Å². The van der Waals surface area contributed by atoms with E-state index in [4.69, 9.17) is 5.73 Å². The Bertz CT molecular complexity index is 430. The largest absolute Gasteiger partial charge is 0.406 e. The molecule has 1 aromatic rings. The Morgan fingerprint density at radius 1 is 1.31 bits per heavy atom. The topological polar surface area (TPSA) is 46.3 Å². The highest BCUT2D eigenvalue weighted by Crippen LogP contribution is 2.35. The zero-order valence-electron chi connectivity index (χ0n) is 8.16. The molecule has 0 saturated carbocycles. The first-order valence-corrected chi connectivity index (χ1v) is 4.63. The van der Waals surface area contributed by atoms with Crippen LogP contribution in [0.15, 0.2) is 24.3 Å². The van der Waals surface area contributed by atoms with Crippen LogP contribution in [-0.4, -0.2) is 18.6 Å². The Hall–Kier alpha value is -1.56. The molecule has 2 N–H and O–H groups in total. The van der Waals surface area contributed by atoms with Crippen molar-refractivity contribution in [3.63, 3.8) is 0 Å². The van der Waals surface area contributed by atoms with Crippen LogP contribution in [0.5, 0.6) is 0 Å². The summed E-state index contributed by atoms with van der Waals surface area (Å²) < 4.78 is 36.8. The van der Waals surface area contributed by atoms with Gasteiger partial charge in [0.15, 0.2) is 0 Å². The molecule has 1 unspecified atom stereocenters. The second-order valence-electron chi connectivity index (χ2n) is 3.58. The minimum absolute atomic E-state index is 0.248. The van der Waals surface area contributed by atoms with Crippen LogP contribution in [0.25, 0.3) is 0 Å². The van der Waals surface area contributed by atoms with Gasteiger partial charge in [-0.15, -0.1) is 0 Å². The number of alkyl halides is 3. The van der Waals surface area contributed by atoms with Gasteiger partial charge in [-0.1, -0.05) is 18.2 Å². The van der Waals surface area contributed by atoms with Crippen molar-refractivity contribution in [2.45, 2.75) is 12.2 Å². The lowest BCUT2D eigenvalue weighted by atomic mass is 10.1. The molecule has 3 nitrogen and oxygen atoms in total. The first-order valence-electron chi connectivity index (χ1n) is 4.63. The average molecular weight is 230 g/mol. The van der Waals surface area contributed by atoms with Crippen LogP contribution in [0, 0.1) is 0 Å². The number of hydrogen-bond acceptors (Lipinski definition) is 2. The molecule has 16 heavy (non-hydrogen) atoms. The van der Waals surface area contributed by atoms with Crippen LogP contribution in [-0.2, 0) is 4.79 Å². The fraction of sp³-hybridized carbons (Fsp3) is 0.300. The van der Waals surface area contributed by atoms with Crippen molar-refractivity contribution in [2.24, 2.45) is 5.73 Å². The molecular formula is C10H9F3N2O. The first kappa shape index (κ1) is 10.9. The Kier molecular flexibility index (Phi) is 2.38. The molecule has 0 aromatic heterocycles. The summed E-state index contributed by atoms with van der Waals surface area (Å²) in [6.07, 6.45) is -4.42. The molecule has 0 saturated heterocycles. The fourth-order valence-electron chi connectivity index (χ4n) is 1.76. The van der Waals surface area contributed by atoms with E-state index in [2.05, 4.69) is 0 Å². The minimum Gasteiger partial charge on any atom is -0.316 e. The summed E-state index contributed by atoms with van der Waals surface area (Å²) in [6.45, 7) is -1.30. The van der Waals surface area contributed by atoms with Gasteiger partial charge >= 0.3 is 6.18 Å². The summed E-state index contributed by atoms with van der Waals surface area (Å²) in [5.41, 5.74) is 6.23. The number of anilines is 1. The van der Waals surface area contributed by atoms with Gasteiger partial charge < -0.3 is 10.6 Å². The number of amides is 1. The smallest absolute Gasteiger partial charge is 0.316 e. The standard InChI is InChI=1S/C10H9F3N2O/c11-10(12,13)5-15-7-4-2-1-3-6(7)8(14)9(15)16/h1-4,8H,5,14H2. The number of nitrogens with zero attached hydrogens (tertiary/aromatic N) is 1. The van der Waals surface area contributed by atoms with Crippen molar-refractivity contribution < 1.29 is 18.0 Å². The molecular weight excluding hydrogens is 221 g/mol. The Labute approximate surface area is 89.6 Å². The third-order valence-electron chi connectivity index (χ3n) is 2.43. The van der Waals surface area contributed by atoms with Crippen molar-refractivity contribution >= 4 is 11.6 Å². The third kappa shape index (κ3) is 1.76. The van der Waals surface area contributed by atoms with Crippen LogP contribution in [0.2, 0.25) is 0 Å². The van der Waals surface area contributed by atoms with E-state index >= 15 is 0 Å². The van der Waals surface area contributed by atoms with Gasteiger partial charge in [-0.25, -0.2) is 0 Å². The molecule has 0 spiro atoms. The number of carbonyl (C=O) groups excluding carboxylic acids is 1. The van der Waals surface area contributed by atoms with Gasteiger partial charge in [0.05, 0.1) is 0 Å². The average Bonchev–Trinajstić information content (AvgIpc) is 2.43. The molecule has 0 bridgehead atoms. The maximum atomic E-state index is 12.3. The molecule has 1 amide bonds. The predicted molar refractivity (Wildman–Crippen MR) is 51.8 cm³/mol. The molecule has 1 aromatic carbocycles. The maximum absolute atomic E-state index is 12.3. The lowest BCUT2D eigenvalue weighted by Gasteiger charge is -2.19. The number of rotatable bonds is 1. The van der Waals surface area contributed by atoms with Gasteiger partial charge in [-0.2, -0.15) is 13.2 Å². The number of nitrogens with two attached hydrogens (primary N) is 1. The lowest BCUT2D eigenvalue weighted by Crippen LogP contribution is -2.38. The van der Waals surface area contributed by atoms with Crippen molar-refractivity contribution in [3.8, 4) is 0 Å². The third-order valence-corrected chi connectivity index (χ3v) is 2.43. The zero-order chi connectivity index (χ0) is 11.9. The maximum Gasteiger partial charge on any atom is 0.406 e.